The molecule has 7 heteroatoms. The van der Waals surface area contributed by atoms with Gasteiger partial charge in [0.25, 0.3) is 0 Å². The highest BCUT2D eigenvalue weighted by atomic mass is 79.9. The molecule has 0 fully saturated rings. The van der Waals surface area contributed by atoms with Crippen LogP contribution >= 0.6 is 15.9 Å². The van der Waals surface area contributed by atoms with Crippen molar-refractivity contribution in [3.63, 3.8) is 0 Å². The minimum absolute atomic E-state index is 0.379. The fourth-order valence-electron chi connectivity index (χ4n) is 1.29. The molecule has 94 valence electrons. The van der Waals surface area contributed by atoms with E-state index in [9.17, 15) is 18.0 Å². The summed E-state index contributed by atoms with van der Waals surface area (Å²) in [6.07, 6.45) is -4.39. The molecule has 1 atom stereocenters. The first-order valence-corrected chi connectivity index (χ1v) is 5.44. The van der Waals surface area contributed by atoms with Gasteiger partial charge in [-0.1, -0.05) is 34.1 Å². The molecule has 3 nitrogen and oxygen atoms in total. The van der Waals surface area contributed by atoms with Crippen LogP contribution in [0.25, 0.3) is 0 Å². The molecular formula is C10H10BrF3N2O. The van der Waals surface area contributed by atoms with Gasteiger partial charge < -0.3 is 5.73 Å². The SMILES string of the molecule is NC(=O)C(NCC(F)(F)F)c1ccccc1Br. The summed E-state index contributed by atoms with van der Waals surface area (Å²) in [5, 5.41) is 2.09. The first-order valence-electron chi connectivity index (χ1n) is 4.65. The van der Waals surface area contributed by atoms with Crippen LogP contribution in [0.4, 0.5) is 13.2 Å². The molecule has 0 aliphatic rings. The second kappa shape index (κ2) is 5.50. The van der Waals surface area contributed by atoms with E-state index in [1.54, 1.807) is 18.2 Å². The number of amides is 1. The molecule has 0 heterocycles. The van der Waals surface area contributed by atoms with Crippen LogP contribution in [-0.2, 0) is 4.79 Å². The van der Waals surface area contributed by atoms with Crippen molar-refractivity contribution in [3.05, 3.63) is 34.3 Å². The van der Waals surface area contributed by atoms with Gasteiger partial charge in [-0.3, -0.25) is 10.1 Å². The van der Waals surface area contributed by atoms with Crippen LogP contribution in [0.15, 0.2) is 28.7 Å². The van der Waals surface area contributed by atoms with E-state index in [-0.39, 0.29) is 0 Å². The van der Waals surface area contributed by atoms with Gasteiger partial charge in [0.05, 0.1) is 6.54 Å². The van der Waals surface area contributed by atoms with Crippen LogP contribution in [0.3, 0.4) is 0 Å². The van der Waals surface area contributed by atoms with E-state index in [0.717, 1.165) is 0 Å². The lowest BCUT2D eigenvalue weighted by Crippen LogP contribution is -2.39. The highest BCUT2D eigenvalue weighted by Crippen LogP contribution is 2.24. The lowest BCUT2D eigenvalue weighted by atomic mass is 10.1. The summed E-state index contributed by atoms with van der Waals surface area (Å²) in [7, 11) is 0. The zero-order valence-corrected chi connectivity index (χ0v) is 10.2. The molecule has 0 saturated heterocycles. The summed E-state index contributed by atoms with van der Waals surface area (Å²) in [5.74, 6) is -0.860. The standard InChI is InChI=1S/C10H10BrF3N2O/c11-7-4-2-1-3-6(7)8(9(15)17)16-5-10(12,13)14/h1-4,8,16H,5H2,(H2,15,17). The van der Waals surface area contributed by atoms with E-state index in [4.69, 9.17) is 5.73 Å². The maximum atomic E-state index is 12.1. The lowest BCUT2D eigenvalue weighted by molar-refractivity contribution is -0.130. The average Bonchev–Trinajstić information content (AvgIpc) is 2.18. The van der Waals surface area contributed by atoms with Crippen LogP contribution in [-0.4, -0.2) is 18.6 Å². The highest BCUT2D eigenvalue weighted by molar-refractivity contribution is 9.10. The van der Waals surface area contributed by atoms with Gasteiger partial charge >= 0.3 is 6.18 Å². The van der Waals surface area contributed by atoms with Crippen LogP contribution in [0.2, 0.25) is 0 Å². The van der Waals surface area contributed by atoms with Gasteiger partial charge in [0.15, 0.2) is 0 Å². The third-order valence-corrected chi connectivity index (χ3v) is 2.73. The third-order valence-electron chi connectivity index (χ3n) is 2.01. The summed E-state index contributed by atoms with van der Waals surface area (Å²) < 4.78 is 36.7. The van der Waals surface area contributed by atoms with E-state index in [1.165, 1.54) is 6.07 Å². The number of nitrogens with one attached hydrogen (secondary N) is 1. The van der Waals surface area contributed by atoms with Gasteiger partial charge in [-0.2, -0.15) is 13.2 Å². The van der Waals surface area contributed by atoms with Gasteiger partial charge in [0.1, 0.15) is 6.04 Å². The molecule has 0 aliphatic heterocycles. The molecule has 0 spiro atoms. The molecule has 0 saturated carbocycles. The van der Waals surface area contributed by atoms with Crippen LogP contribution < -0.4 is 11.1 Å². The topological polar surface area (TPSA) is 55.1 Å². The Morgan fingerprint density at radius 2 is 2.00 bits per heavy atom. The quantitative estimate of drug-likeness (QED) is 0.895. The van der Waals surface area contributed by atoms with Crippen LogP contribution in [0.1, 0.15) is 11.6 Å². The van der Waals surface area contributed by atoms with Crippen molar-refractivity contribution < 1.29 is 18.0 Å². The largest absolute Gasteiger partial charge is 0.401 e. The first-order chi connectivity index (χ1) is 7.81. The van der Waals surface area contributed by atoms with Crippen molar-refractivity contribution in [1.82, 2.24) is 5.32 Å². The molecule has 0 aliphatic carbocycles. The minimum Gasteiger partial charge on any atom is -0.368 e. The minimum atomic E-state index is -4.39. The Hall–Kier alpha value is -1.08. The second-order valence-corrected chi connectivity index (χ2v) is 4.21. The lowest BCUT2D eigenvalue weighted by Gasteiger charge is -2.18. The molecule has 1 unspecified atom stereocenters. The number of halogens is 4. The van der Waals surface area contributed by atoms with Gasteiger partial charge in [0.2, 0.25) is 5.91 Å². The number of alkyl halides is 3. The summed E-state index contributed by atoms with van der Waals surface area (Å²) in [6, 6.07) is 5.29. The monoisotopic (exact) mass is 310 g/mol. The summed E-state index contributed by atoms with van der Waals surface area (Å²) in [6.45, 7) is -1.28. The Labute approximate surface area is 104 Å². The molecule has 1 aromatic carbocycles. The van der Waals surface area contributed by atoms with Crippen LogP contribution in [0, 0.1) is 0 Å². The Bertz CT molecular complexity index is 409. The maximum absolute atomic E-state index is 12.1. The summed E-state index contributed by atoms with van der Waals surface area (Å²) in [4.78, 5) is 11.1. The molecule has 0 aromatic heterocycles. The number of carbonyl (C=O) groups is 1. The molecule has 0 radical (unpaired) electrons. The van der Waals surface area contributed by atoms with Crippen molar-refractivity contribution in [2.24, 2.45) is 5.73 Å². The van der Waals surface area contributed by atoms with Crippen molar-refractivity contribution in [3.8, 4) is 0 Å². The molecular weight excluding hydrogens is 301 g/mol. The normalized spacial score (nSPS) is 13.4. The van der Waals surface area contributed by atoms with E-state index < -0.39 is 24.7 Å². The molecule has 3 N–H and O–H groups in total. The zero-order chi connectivity index (χ0) is 13.1. The van der Waals surface area contributed by atoms with Gasteiger partial charge in [-0.05, 0) is 11.6 Å². The van der Waals surface area contributed by atoms with Crippen molar-refractivity contribution in [2.75, 3.05) is 6.54 Å². The Kier molecular flexibility index (Phi) is 4.53. The van der Waals surface area contributed by atoms with E-state index >= 15 is 0 Å². The predicted molar refractivity (Wildman–Crippen MR) is 60.1 cm³/mol. The van der Waals surface area contributed by atoms with Crippen LogP contribution in [0.5, 0.6) is 0 Å². The number of hydrogen-bond acceptors (Lipinski definition) is 2. The van der Waals surface area contributed by atoms with Crippen molar-refractivity contribution >= 4 is 21.8 Å². The molecule has 1 amide bonds. The Balaban J connectivity index is 2.88. The van der Waals surface area contributed by atoms with Gasteiger partial charge in [0, 0.05) is 4.47 Å². The number of carbonyl (C=O) groups excluding carboxylic acids is 1. The summed E-state index contributed by atoms with van der Waals surface area (Å²) in [5.41, 5.74) is 5.46. The zero-order valence-electron chi connectivity index (χ0n) is 8.59. The molecule has 1 aromatic rings. The highest BCUT2D eigenvalue weighted by Gasteiger charge is 2.30. The van der Waals surface area contributed by atoms with Gasteiger partial charge in [-0.25, -0.2) is 0 Å². The average molecular weight is 311 g/mol. The fourth-order valence-corrected chi connectivity index (χ4v) is 1.80. The Morgan fingerprint density at radius 1 is 1.41 bits per heavy atom. The van der Waals surface area contributed by atoms with Crippen molar-refractivity contribution in [2.45, 2.75) is 12.2 Å². The summed E-state index contributed by atoms with van der Waals surface area (Å²) >= 11 is 3.16. The smallest absolute Gasteiger partial charge is 0.368 e. The van der Waals surface area contributed by atoms with Crippen molar-refractivity contribution in [1.29, 1.82) is 0 Å². The van der Waals surface area contributed by atoms with Gasteiger partial charge in [-0.15, -0.1) is 0 Å². The number of nitrogens with two attached hydrogens (primary N) is 1. The fraction of sp³-hybridized carbons (Fsp3) is 0.300. The molecule has 1 rings (SSSR count). The maximum Gasteiger partial charge on any atom is 0.401 e. The number of hydrogen-bond donors (Lipinski definition) is 2. The van der Waals surface area contributed by atoms with E-state index in [2.05, 4.69) is 21.2 Å². The number of rotatable bonds is 4. The second-order valence-electron chi connectivity index (χ2n) is 3.35. The van der Waals surface area contributed by atoms with E-state index in [1.807, 2.05) is 0 Å². The number of primary amides is 1. The third kappa shape index (κ3) is 4.35. The van der Waals surface area contributed by atoms with E-state index in [0.29, 0.717) is 10.0 Å². The predicted octanol–water partition coefficient (Wildman–Crippen LogP) is 2.13. The molecule has 17 heavy (non-hydrogen) atoms. The molecule has 0 bridgehead atoms. The first kappa shape index (κ1) is 14.0. The number of benzene rings is 1. The Morgan fingerprint density at radius 3 is 2.47 bits per heavy atom.